The molecule has 0 aromatic heterocycles. The first-order valence-electron chi connectivity index (χ1n) is 13.1. The summed E-state index contributed by atoms with van der Waals surface area (Å²) in [4.78, 5) is 19.8. The van der Waals surface area contributed by atoms with Crippen LogP contribution in [0.25, 0.3) is 5.57 Å². The van der Waals surface area contributed by atoms with Gasteiger partial charge < -0.3 is 14.9 Å². The summed E-state index contributed by atoms with van der Waals surface area (Å²) in [5, 5.41) is 10.7. The Morgan fingerprint density at radius 3 is 2.32 bits per heavy atom. The van der Waals surface area contributed by atoms with Gasteiger partial charge >= 0.3 is 6.03 Å². The molecule has 0 saturated carbocycles. The highest BCUT2D eigenvalue weighted by molar-refractivity contribution is 5.83. The molecule has 1 fully saturated rings. The normalized spacial score (nSPS) is 20.4. The number of hydrogen-bond acceptors (Lipinski definition) is 3. The van der Waals surface area contributed by atoms with Gasteiger partial charge in [0.25, 0.3) is 0 Å². The van der Waals surface area contributed by atoms with Crippen LogP contribution in [0.15, 0.2) is 84.9 Å². The number of nitrogens with zero attached hydrogens (tertiary/aromatic N) is 3. The third-order valence-corrected chi connectivity index (χ3v) is 7.90. The van der Waals surface area contributed by atoms with E-state index < -0.39 is 17.2 Å². The highest BCUT2D eigenvalue weighted by Crippen LogP contribution is 2.41. The average molecular weight is 518 g/mol. The number of likely N-dealkylation sites (tertiary alicyclic amines) is 1. The Balaban J connectivity index is 1.38. The molecule has 38 heavy (non-hydrogen) atoms. The van der Waals surface area contributed by atoms with Crippen LogP contribution in [0.4, 0.5) is 13.6 Å². The Morgan fingerprint density at radius 2 is 1.66 bits per heavy atom. The number of rotatable bonds is 6. The standard InChI is InChI=1S/C31H33F2N3O2/c1-34(27-14-16-35(17-15-27)20-23-8-4-2-5-9-23)30(38)36-21-24(28-18-26(32)12-13-29(28)33)19-31(36,22-37)25-10-6-3-7-11-25/h2-13,18-19,27,37H,14-17,20-22H2,1H3. The second kappa shape index (κ2) is 11.1. The third kappa shape index (κ3) is 5.08. The molecule has 3 aromatic rings. The molecule has 0 radical (unpaired) electrons. The van der Waals surface area contributed by atoms with Gasteiger partial charge in [0.05, 0.1) is 6.61 Å². The van der Waals surface area contributed by atoms with E-state index in [0.717, 1.165) is 50.7 Å². The molecule has 7 heteroatoms. The van der Waals surface area contributed by atoms with Crippen LogP contribution in [-0.4, -0.2) is 65.2 Å². The molecule has 2 heterocycles. The maximum atomic E-state index is 14.8. The lowest BCUT2D eigenvalue weighted by Gasteiger charge is -2.43. The zero-order chi connectivity index (χ0) is 26.7. The first-order valence-corrected chi connectivity index (χ1v) is 13.1. The fourth-order valence-corrected chi connectivity index (χ4v) is 5.71. The number of urea groups is 1. The number of amides is 2. The van der Waals surface area contributed by atoms with Gasteiger partial charge in [-0.25, -0.2) is 13.6 Å². The summed E-state index contributed by atoms with van der Waals surface area (Å²) in [6.45, 7) is 2.31. The van der Waals surface area contributed by atoms with Crippen molar-refractivity contribution in [3.05, 3.63) is 113 Å². The molecular formula is C31H33F2N3O2. The maximum absolute atomic E-state index is 14.8. The Kier molecular flexibility index (Phi) is 7.58. The number of piperidine rings is 1. The van der Waals surface area contributed by atoms with Gasteiger partial charge in [0.1, 0.15) is 17.2 Å². The van der Waals surface area contributed by atoms with E-state index in [4.69, 9.17) is 0 Å². The topological polar surface area (TPSA) is 47.0 Å². The van der Waals surface area contributed by atoms with Gasteiger partial charge in [0, 0.05) is 44.8 Å². The zero-order valence-corrected chi connectivity index (χ0v) is 21.6. The average Bonchev–Trinajstić information content (AvgIpc) is 3.36. The van der Waals surface area contributed by atoms with Crippen LogP contribution in [-0.2, 0) is 12.1 Å². The molecule has 3 aromatic carbocycles. The van der Waals surface area contributed by atoms with Gasteiger partial charge in [-0.2, -0.15) is 0 Å². The lowest BCUT2D eigenvalue weighted by atomic mass is 9.89. The van der Waals surface area contributed by atoms with Crippen molar-refractivity contribution in [3.8, 4) is 0 Å². The van der Waals surface area contributed by atoms with Crippen LogP contribution in [0, 0.1) is 11.6 Å². The van der Waals surface area contributed by atoms with Crippen LogP contribution in [0.1, 0.15) is 29.5 Å². The zero-order valence-electron chi connectivity index (χ0n) is 21.6. The van der Waals surface area contributed by atoms with Crippen molar-refractivity contribution in [2.24, 2.45) is 0 Å². The van der Waals surface area contributed by atoms with Gasteiger partial charge in [0.2, 0.25) is 0 Å². The summed E-state index contributed by atoms with van der Waals surface area (Å²) in [6, 6.07) is 22.7. The molecule has 0 bridgehead atoms. The van der Waals surface area contributed by atoms with Crippen LogP contribution in [0.2, 0.25) is 0 Å². The van der Waals surface area contributed by atoms with Crippen molar-refractivity contribution in [3.63, 3.8) is 0 Å². The molecule has 1 N–H and O–H groups in total. The van der Waals surface area contributed by atoms with Crippen LogP contribution in [0.5, 0.6) is 0 Å². The number of carbonyl (C=O) groups is 1. The third-order valence-electron chi connectivity index (χ3n) is 7.90. The predicted octanol–water partition coefficient (Wildman–Crippen LogP) is 5.27. The van der Waals surface area contributed by atoms with Crippen molar-refractivity contribution in [2.75, 3.05) is 33.3 Å². The van der Waals surface area contributed by atoms with Crippen molar-refractivity contribution in [2.45, 2.75) is 31.0 Å². The number of carbonyl (C=O) groups excluding carboxylic acids is 1. The highest BCUT2D eigenvalue weighted by atomic mass is 19.1. The number of halogens is 2. The second-order valence-corrected chi connectivity index (χ2v) is 10.2. The van der Waals surface area contributed by atoms with E-state index in [1.54, 1.807) is 22.9 Å². The quantitative estimate of drug-likeness (QED) is 0.485. The number of hydrogen-bond donors (Lipinski definition) is 1. The largest absolute Gasteiger partial charge is 0.393 e. The Labute approximate surface area is 222 Å². The number of aliphatic hydroxyl groups is 1. The highest BCUT2D eigenvalue weighted by Gasteiger charge is 2.46. The van der Waals surface area contributed by atoms with Crippen LogP contribution >= 0.6 is 0 Å². The minimum Gasteiger partial charge on any atom is -0.393 e. The van der Waals surface area contributed by atoms with E-state index in [2.05, 4.69) is 17.0 Å². The lowest BCUT2D eigenvalue weighted by Crippen LogP contribution is -2.55. The van der Waals surface area contributed by atoms with E-state index in [-0.39, 0.29) is 30.8 Å². The Morgan fingerprint density at radius 1 is 1.00 bits per heavy atom. The molecule has 1 saturated heterocycles. The van der Waals surface area contributed by atoms with Gasteiger partial charge in [-0.05, 0) is 53.8 Å². The predicted molar refractivity (Wildman–Crippen MR) is 144 cm³/mol. The number of benzene rings is 3. The minimum absolute atomic E-state index is 0.0386. The van der Waals surface area contributed by atoms with Crippen molar-refractivity contribution >= 4 is 11.6 Å². The SMILES string of the molecule is CN(C(=O)N1CC(c2cc(F)ccc2F)=CC1(CO)c1ccccc1)C1CCN(Cc2ccccc2)CC1. The summed E-state index contributed by atoms with van der Waals surface area (Å²) in [6.07, 6.45) is 3.38. The van der Waals surface area contributed by atoms with Crippen molar-refractivity contribution in [1.29, 1.82) is 0 Å². The molecule has 2 amide bonds. The minimum atomic E-state index is -1.19. The van der Waals surface area contributed by atoms with E-state index in [0.29, 0.717) is 11.1 Å². The van der Waals surface area contributed by atoms with E-state index in [1.165, 1.54) is 5.56 Å². The van der Waals surface area contributed by atoms with Gasteiger partial charge in [-0.15, -0.1) is 0 Å². The summed E-state index contributed by atoms with van der Waals surface area (Å²) < 4.78 is 28.8. The van der Waals surface area contributed by atoms with Crippen LogP contribution in [0.3, 0.4) is 0 Å². The van der Waals surface area contributed by atoms with Gasteiger partial charge in [-0.3, -0.25) is 4.90 Å². The molecule has 1 unspecified atom stereocenters. The van der Waals surface area contributed by atoms with E-state index in [9.17, 15) is 18.7 Å². The Bertz CT molecular complexity index is 1290. The lowest BCUT2D eigenvalue weighted by molar-refractivity contribution is 0.0675. The molecule has 198 valence electrons. The monoisotopic (exact) mass is 517 g/mol. The first kappa shape index (κ1) is 26.1. The first-order chi connectivity index (χ1) is 18.4. The van der Waals surface area contributed by atoms with Crippen molar-refractivity contribution < 1.29 is 18.7 Å². The summed E-state index contributed by atoms with van der Waals surface area (Å²) >= 11 is 0. The second-order valence-electron chi connectivity index (χ2n) is 10.2. The van der Waals surface area contributed by atoms with Gasteiger partial charge in [0.15, 0.2) is 0 Å². The molecule has 1 atom stereocenters. The molecule has 0 aliphatic carbocycles. The molecule has 2 aliphatic heterocycles. The molecule has 0 spiro atoms. The molecule has 5 nitrogen and oxygen atoms in total. The maximum Gasteiger partial charge on any atom is 0.321 e. The van der Waals surface area contributed by atoms with Crippen molar-refractivity contribution in [1.82, 2.24) is 14.7 Å². The molecule has 2 aliphatic rings. The molecule has 5 rings (SSSR count). The molecular weight excluding hydrogens is 484 g/mol. The summed E-state index contributed by atoms with van der Waals surface area (Å²) in [5.74, 6) is -1.12. The fourth-order valence-electron chi connectivity index (χ4n) is 5.71. The smallest absolute Gasteiger partial charge is 0.321 e. The van der Waals surface area contributed by atoms with E-state index >= 15 is 0 Å². The van der Waals surface area contributed by atoms with E-state index in [1.807, 2.05) is 48.5 Å². The summed E-state index contributed by atoms with van der Waals surface area (Å²) in [7, 11) is 1.80. The fraction of sp³-hybridized carbons (Fsp3) is 0.323. The Hall–Kier alpha value is -3.55. The number of aliphatic hydroxyl groups excluding tert-OH is 1. The summed E-state index contributed by atoms with van der Waals surface area (Å²) in [5.41, 5.74) is 1.37. The van der Waals surface area contributed by atoms with Crippen LogP contribution < -0.4 is 0 Å². The van der Waals surface area contributed by atoms with Gasteiger partial charge in [-0.1, -0.05) is 60.7 Å².